The predicted molar refractivity (Wildman–Crippen MR) is 98.4 cm³/mol. The van der Waals surface area contributed by atoms with E-state index in [9.17, 15) is 23.2 Å². The van der Waals surface area contributed by atoms with Gasteiger partial charge in [-0.1, -0.05) is 6.07 Å². The van der Waals surface area contributed by atoms with Gasteiger partial charge < -0.3 is 24.4 Å². The largest absolute Gasteiger partial charge is 0.490 e. The molecule has 0 aliphatic carbocycles. The fourth-order valence-corrected chi connectivity index (χ4v) is 2.78. The molecule has 8 nitrogen and oxygen atoms in total. The molecule has 0 radical (unpaired) electrons. The van der Waals surface area contributed by atoms with Crippen molar-refractivity contribution in [2.45, 2.75) is 26.0 Å². The Hall–Kier alpha value is -3.17. The number of halogens is 2. The number of rotatable bonds is 8. The van der Waals surface area contributed by atoms with Crippen LogP contribution in [0.5, 0.6) is 11.5 Å². The minimum atomic E-state index is -2.99. The van der Waals surface area contributed by atoms with Crippen LogP contribution in [0.1, 0.15) is 18.9 Å². The number of ether oxygens (including phenoxy) is 3. The SMILES string of the molecule is CCOc1cc(/C=C/C(=O)N2CCNC(=O)C2CC(=O)OC)ccc1OC(F)F. The van der Waals surface area contributed by atoms with E-state index < -0.39 is 30.4 Å². The van der Waals surface area contributed by atoms with Crippen molar-refractivity contribution >= 4 is 23.9 Å². The second-order valence-corrected chi connectivity index (χ2v) is 5.97. The number of esters is 1. The third kappa shape index (κ3) is 6.16. The monoisotopic (exact) mass is 412 g/mol. The van der Waals surface area contributed by atoms with Crippen LogP contribution < -0.4 is 14.8 Å². The number of alkyl halides is 2. The third-order valence-electron chi connectivity index (χ3n) is 4.10. The molecule has 2 amide bonds. The molecule has 0 aromatic heterocycles. The van der Waals surface area contributed by atoms with Crippen LogP contribution in [0.25, 0.3) is 6.08 Å². The number of piperazine rings is 1. The highest BCUT2D eigenvalue weighted by Crippen LogP contribution is 2.30. The molecule has 1 heterocycles. The molecule has 158 valence electrons. The first kappa shape index (κ1) is 22.1. The second-order valence-electron chi connectivity index (χ2n) is 5.97. The second kappa shape index (κ2) is 10.4. The summed E-state index contributed by atoms with van der Waals surface area (Å²) in [7, 11) is 1.20. The molecule has 29 heavy (non-hydrogen) atoms. The lowest BCUT2D eigenvalue weighted by atomic mass is 10.1. The molecule has 2 rings (SSSR count). The van der Waals surface area contributed by atoms with Gasteiger partial charge in [0.05, 0.1) is 20.1 Å². The molecule has 1 atom stereocenters. The number of methoxy groups -OCH3 is 1. The third-order valence-corrected chi connectivity index (χ3v) is 4.10. The molecule has 0 bridgehead atoms. The fraction of sp³-hybridized carbons (Fsp3) is 0.421. The van der Waals surface area contributed by atoms with Crippen LogP contribution in [0.3, 0.4) is 0 Å². The Morgan fingerprint density at radius 2 is 2.10 bits per heavy atom. The Balaban J connectivity index is 2.16. The smallest absolute Gasteiger partial charge is 0.387 e. The van der Waals surface area contributed by atoms with Crippen LogP contribution in [0.15, 0.2) is 24.3 Å². The summed E-state index contributed by atoms with van der Waals surface area (Å²) in [4.78, 5) is 37.4. The molecular formula is C19H22F2N2O6. The van der Waals surface area contributed by atoms with Crippen LogP contribution in [-0.2, 0) is 19.1 Å². The van der Waals surface area contributed by atoms with Gasteiger partial charge in [-0.2, -0.15) is 8.78 Å². The lowest BCUT2D eigenvalue weighted by Gasteiger charge is -2.33. The van der Waals surface area contributed by atoms with Gasteiger partial charge in [0.2, 0.25) is 11.8 Å². The zero-order valence-electron chi connectivity index (χ0n) is 16.0. The summed E-state index contributed by atoms with van der Waals surface area (Å²) in [5, 5.41) is 2.61. The minimum absolute atomic E-state index is 0.114. The quantitative estimate of drug-likeness (QED) is 0.515. The maximum Gasteiger partial charge on any atom is 0.387 e. The van der Waals surface area contributed by atoms with Gasteiger partial charge in [0.15, 0.2) is 11.5 Å². The van der Waals surface area contributed by atoms with E-state index in [0.29, 0.717) is 5.56 Å². The normalized spacial score (nSPS) is 16.7. The Kier molecular flexibility index (Phi) is 7.93. The van der Waals surface area contributed by atoms with Gasteiger partial charge in [-0.3, -0.25) is 14.4 Å². The van der Waals surface area contributed by atoms with E-state index in [2.05, 4.69) is 14.8 Å². The van der Waals surface area contributed by atoms with Crippen molar-refractivity contribution in [1.29, 1.82) is 0 Å². The number of nitrogens with zero attached hydrogens (tertiary/aromatic N) is 1. The van der Waals surface area contributed by atoms with E-state index in [1.54, 1.807) is 6.92 Å². The van der Waals surface area contributed by atoms with Gasteiger partial charge in [-0.05, 0) is 30.7 Å². The molecule has 10 heteroatoms. The first-order valence-electron chi connectivity index (χ1n) is 8.90. The topological polar surface area (TPSA) is 94.2 Å². The molecule has 1 unspecified atom stereocenters. The van der Waals surface area contributed by atoms with E-state index in [0.717, 1.165) is 0 Å². The van der Waals surface area contributed by atoms with Crippen LogP contribution in [0, 0.1) is 0 Å². The summed E-state index contributed by atoms with van der Waals surface area (Å²) in [5.74, 6) is -1.51. The molecule has 1 aliphatic rings. The van der Waals surface area contributed by atoms with Gasteiger partial charge in [0, 0.05) is 19.2 Å². The van der Waals surface area contributed by atoms with Crippen molar-refractivity contribution in [1.82, 2.24) is 10.2 Å². The van der Waals surface area contributed by atoms with Crippen molar-refractivity contribution < 1.29 is 37.4 Å². The number of benzene rings is 1. The molecule has 0 spiro atoms. The molecule has 1 aliphatic heterocycles. The van der Waals surface area contributed by atoms with Gasteiger partial charge in [0.25, 0.3) is 0 Å². The number of amides is 2. The number of carbonyl (C=O) groups is 3. The summed E-state index contributed by atoms with van der Waals surface area (Å²) in [6, 6.07) is 3.29. The summed E-state index contributed by atoms with van der Waals surface area (Å²) >= 11 is 0. The minimum Gasteiger partial charge on any atom is -0.490 e. The van der Waals surface area contributed by atoms with Gasteiger partial charge in [-0.25, -0.2) is 0 Å². The van der Waals surface area contributed by atoms with Crippen molar-refractivity contribution in [3.05, 3.63) is 29.8 Å². The summed E-state index contributed by atoms with van der Waals surface area (Å²) < 4.78 is 39.2. The number of hydrogen-bond donors (Lipinski definition) is 1. The van der Waals surface area contributed by atoms with Gasteiger partial charge in [0.1, 0.15) is 6.04 Å². The average molecular weight is 412 g/mol. The Morgan fingerprint density at radius 3 is 2.76 bits per heavy atom. The Bertz CT molecular complexity index is 784. The van der Waals surface area contributed by atoms with Crippen LogP contribution in [-0.4, -0.2) is 62.1 Å². The molecule has 1 saturated heterocycles. The predicted octanol–water partition coefficient (Wildman–Crippen LogP) is 1.59. The van der Waals surface area contributed by atoms with Crippen LogP contribution in [0.4, 0.5) is 8.78 Å². The van der Waals surface area contributed by atoms with E-state index in [4.69, 9.17) is 4.74 Å². The highest BCUT2D eigenvalue weighted by molar-refractivity contribution is 5.97. The van der Waals surface area contributed by atoms with E-state index in [1.165, 1.54) is 42.4 Å². The van der Waals surface area contributed by atoms with Crippen molar-refractivity contribution in [2.75, 3.05) is 26.8 Å². The van der Waals surface area contributed by atoms with Crippen molar-refractivity contribution in [3.63, 3.8) is 0 Å². The molecule has 0 saturated carbocycles. The van der Waals surface area contributed by atoms with Crippen molar-refractivity contribution in [2.24, 2.45) is 0 Å². The molecule has 1 aromatic rings. The zero-order valence-corrected chi connectivity index (χ0v) is 16.0. The maximum atomic E-state index is 12.6. The Labute approximate surface area is 166 Å². The van der Waals surface area contributed by atoms with Crippen molar-refractivity contribution in [3.8, 4) is 11.5 Å². The molecule has 1 aromatic carbocycles. The van der Waals surface area contributed by atoms with Gasteiger partial charge in [-0.15, -0.1) is 0 Å². The number of hydrogen-bond acceptors (Lipinski definition) is 6. The lowest BCUT2D eigenvalue weighted by molar-refractivity contribution is -0.148. The molecule has 1 N–H and O–H groups in total. The Morgan fingerprint density at radius 1 is 1.34 bits per heavy atom. The van der Waals surface area contributed by atoms with E-state index in [-0.39, 0.29) is 37.6 Å². The molecular weight excluding hydrogens is 390 g/mol. The molecule has 1 fully saturated rings. The highest BCUT2D eigenvalue weighted by atomic mass is 19.3. The summed E-state index contributed by atoms with van der Waals surface area (Å²) in [6.45, 7) is -0.550. The highest BCUT2D eigenvalue weighted by Gasteiger charge is 2.34. The zero-order chi connectivity index (χ0) is 21.4. The first-order valence-corrected chi connectivity index (χ1v) is 8.90. The van der Waals surface area contributed by atoms with Crippen LogP contribution in [0.2, 0.25) is 0 Å². The standard InChI is InChI=1S/C19H22F2N2O6/c1-3-28-15-10-12(4-6-14(15)29-19(20)21)5-7-16(24)23-9-8-22-18(26)13(23)11-17(25)27-2/h4-7,10,13,19H,3,8-9,11H2,1-2H3,(H,22,26)/b7-5+. The summed E-state index contributed by atoms with van der Waals surface area (Å²) in [6.07, 6.45) is 2.44. The van der Waals surface area contributed by atoms with E-state index >= 15 is 0 Å². The maximum absolute atomic E-state index is 12.6. The fourth-order valence-electron chi connectivity index (χ4n) is 2.78. The summed E-state index contributed by atoms with van der Waals surface area (Å²) in [5.41, 5.74) is 0.509. The van der Waals surface area contributed by atoms with Gasteiger partial charge >= 0.3 is 12.6 Å². The number of carbonyl (C=O) groups excluding carboxylic acids is 3. The first-order chi connectivity index (χ1) is 13.8. The average Bonchev–Trinajstić information content (AvgIpc) is 2.69. The van der Waals surface area contributed by atoms with Crippen LogP contribution >= 0.6 is 0 Å². The lowest BCUT2D eigenvalue weighted by Crippen LogP contribution is -2.57. The van der Waals surface area contributed by atoms with E-state index in [1.807, 2.05) is 0 Å². The number of nitrogens with one attached hydrogen (secondary N) is 1.